The molecule has 0 saturated heterocycles. The van der Waals surface area contributed by atoms with Gasteiger partial charge in [0.1, 0.15) is 19.8 Å². The van der Waals surface area contributed by atoms with Gasteiger partial charge in [-0.2, -0.15) is 0 Å². The smallest absolute Gasteiger partial charge is 0.462 e. The standard InChI is InChI=1S/C46H88NO8P/c1-6-8-10-12-14-16-18-20-22-23-25-27-29-31-33-35-37-39-46(49)55-44(43-54-56(50,51)53-41-40-47(3,4)5)42-52-45(48)38-36-34-32-30-28-26-24-21-19-17-15-13-11-9-7-2/h15,17,21,24,44H,6-14,16,18-20,22-23,25-43H2,1-5H3/p+1/b17-15-,24-21-/t44-/m1/s1. The van der Waals surface area contributed by atoms with Gasteiger partial charge in [0.2, 0.25) is 0 Å². The Labute approximate surface area is 345 Å². The van der Waals surface area contributed by atoms with Crippen molar-refractivity contribution in [3.05, 3.63) is 24.3 Å². The molecule has 0 aromatic carbocycles. The van der Waals surface area contributed by atoms with Crippen LogP contribution in [0.5, 0.6) is 0 Å². The maximum Gasteiger partial charge on any atom is 0.472 e. The van der Waals surface area contributed by atoms with Crippen molar-refractivity contribution in [3.8, 4) is 0 Å². The Morgan fingerprint density at radius 2 is 0.964 bits per heavy atom. The molecule has 9 nitrogen and oxygen atoms in total. The van der Waals surface area contributed by atoms with E-state index in [1.807, 2.05) is 21.1 Å². The Morgan fingerprint density at radius 1 is 0.554 bits per heavy atom. The number of phosphoric ester groups is 1. The Kier molecular flexibility index (Phi) is 37.9. The molecule has 0 heterocycles. The fourth-order valence-corrected chi connectivity index (χ4v) is 7.08. The molecule has 2 atom stereocenters. The van der Waals surface area contributed by atoms with Crippen molar-refractivity contribution in [2.75, 3.05) is 47.5 Å². The molecule has 0 aliphatic heterocycles. The van der Waals surface area contributed by atoms with Crippen LogP contribution in [0.2, 0.25) is 0 Å². The van der Waals surface area contributed by atoms with Gasteiger partial charge in [-0.1, -0.05) is 173 Å². The highest BCUT2D eigenvalue weighted by Gasteiger charge is 2.27. The lowest BCUT2D eigenvalue weighted by molar-refractivity contribution is -0.870. The second kappa shape index (κ2) is 39.0. The van der Waals surface area contributed by atoms with E-state index in [1.165, 1.54) is 116 Å². The van der Waals surface area contributed by atoms with Gasteiger partial charge in [0.05, 0.1) is 27.7 Å². The summed E-state index contributed by atoms with van der Waals surface area (Å²) < 4.78 is 34.3. The Hall–Kier alpha value is -1.51. The number of unbranched alkanes of at least 4 members (excludes halogenated alkanes) is 24. The summed E-state index contributed by atoms with van der Waals surface area (Å²) in [5, 5.41) is 0. The molecular formula is C46H89NO8P+. The van der Waals surface area contributed by atoms with E-state index in [-0.39, 0.29) is 32.0 Å². The molecule has 0 saturated carbocycles. The highest BCUT2D eigenvalue weighted by molar-refractivity contribution is 7.47. The molecule has 0 amide bonds. The summed E-state index contributed by atoms with van der Waals surface area (Å²) in [5.74, 6) is -0.806. The molecule has 0 spiro atoms. The lowest BCUT2D eigenvalue weighted by Crippen LogP contribution is -2.37. The van der Waals surface area contributed by atoms with Crippen LogP contribution in [0.1, 0.15) is 206 Å². The molecule has 0 rings (SSSR count). The zero-order valence-corrected chi connectivity index (χ0v) is 38.0. The van der Waals surface area contributed by atoms with E-state index in [9.17, 15) is 19.0 Å². The quantitative estimate of drug-likeness (QED) is 0.0213. The van der Waals surface area contributed by atoms with Crippen LogP contribution in [-0.2, 0) is 32.7 Å². The van der Waals surface area contributed by atoms with Crippen LogP contribution in [0.15, 0.2) is 24.3 Å². The summed E-state index contributed by atoms with van der Waals surface area (Å²) in [5.41, 5.74) is 0. The first-order valence-corrected chi connectivity index (χ1v) is 24.6. The third-order valence-electron chi connectivity index (χ3n) is 9.98. The van der Waals surface area contributed by atoms with Crippen LogP contribution in [0, 0.1) is 0 Å². The van der Waals surface area contributed by atoms with Crippen molar-refractivity contribution in [3.63, 3.8) is 0 Å². The van der Waals surface area contributed by atoms with Gasteiger partial charge >= 0.3 is 19.8 Å². The van der Waals surface area contributed by atoms with Crippen LogP contribution in [0.4, 0.5) is 0 Å². The van der Waals surface area contributed by atoms with E-state index < -0.39 is 26.5 Å². The highest BCUT2D eigenvalue weighted by Crippen LogP contribution is 2.43. The van der Waals surface area contributed by atoms with E-state index in [1.54, 1.807) is 0 Å². The van der Waals surface area contributed by atoms with Gasteiger partial charge in [-0.3, -0.25) is 18.6 Å². The number of likely N-dealkylation sites (N-methyl/N-ethyl adjacent to an activating group) is 1. The first-order chi connectivity index (χ1) is 27.0. The summed E-state index contributed by atoms with van der Waals surface area (Å²) >= 11 is 0. The summed E-state index contributed by atoms with van der Waals surface area (Å²) in [7, 11) is 1.48. The normalized spacial score (nSPS) is 13.8. The third kappa shape index (κ3) is 42.1. The first-order valence-electron chi connectivity index (χ1n) is 23.1. The SMILES string of the molecule is CCCCC/C=C\C/C=C\CCCCCCCC(=O)OC[C@H](COP(=O)(O)OCC[N+](C)(C)C)OC(=O)CCCCCCCCCCCCCCCCCCC. The number of ether oxygens (including phenoxy) is 2. The predicted molar refractivity (Wildman–Crippen MR) is 234 cm³/mol. The number of quaternary nitrogens is 1. The Morgan fingerprint density at radius 3 is 1.45 bits per heavy atom. The summed E-state index contributed by atoms with van der Waals surface area (Å²) in [6.45, 7) is 4.40. The Bertz CT molecular complexity index is 1010. The molecular weight excluding hydrogens is 725 g/mol. The van der Waals surface area contributed by atoms with Crippen LogP contribution in [0.3, 0.4) is 0 Å². The number of phosphoric acid groups is 1. The number of carbonyl (C=O) groups excluding carboxylic acids is 2. The maximum atomic E-state index is 12.7. The minimum atomic E-state index is -4.37. The van der Waals surface area contributed by atoms with Crippen molar-refractivity contribution in [2.24, 2.45) is 0 Å². The number of esters is 2. The molecule has 0 aromatic heterocycles. The number of hydrogen-bond acceptors (Lipinski definition) is 7. The summed E-state index contributed by atoms with van der Waals surface area (Å²) in [6, 6.07) is 0. The fourth-order valence-electron chi connectivity index (χ4n) is 6.34. The van der Waals surface area contributed by atoms with Crippen LogP contribution in [-0.4, -0.2) is 74.9 Å². The lowest BCUT2D eigenvalue weighted by Gasteiger charge is -2.24. The first kappa shape index (κ1) is 54.5. The predicted octanol–water partition coefficient (Wildman–Crippen LogP) is 13.1. The summed E-state index contributed by atoms with van der Waals surface area (Å²) in [6.07, 6.45) is 42.2. The topological polar surface area (TPSA) is 108 Å². The van der Waals surface area contributed by atoms with Gasteiger partial charge in [-0.05, 0) is 44.9 Å². The van der Waals surface area contributed by atoms with Crippen molar-refractivity contribution >= 4 is 19.8 Å². The van der Waals surface area contributed by atoms with Crippen molar-refractivity contribution in [1.29, 1.82) is 0 Å². The van der Waals surface area contributed by atoms with E-state index in [4.69, 9.17) is 18.5 Å². The van der Waals surface area contributed by atoms with Gasteiger partial charge < -0.3 is 18.9 Å². The van der Waals surface area contributed by atoms with E-state index in [2.05, 4.69) is 38.2 Å². The molecule has 0 fully saturated rings. The highest BCUT2D eigenvalue weighted by atomic mass is 31.2. The zero-order chi connectivity index (χ0) is 41.4. The van der Waals surface area contributed by atoms with E-state index in [0.717, 1.165) is 57.8 Å². The second-order valence-electron chi connectivity index (χ2n) is 16.8. The largest absolute Gasteiger partial charge is 0.472 e. The summed E-state index contributed by atoms with van der Waals surface area (Å²) in [4.78, 5) is 35.4. The zero-order valence-electron chi connectivity index (χ0n) is 37.1. The monoisotopic (exact) mass is 815 g/mol. The van der Waals surface area contributed by atoms with Gasteiger partial charge in [0, 0.05) is 12.8 Å². The molecule has 0 radical (unpaired) electrons. The van der Waals surface area contributed by atoms with Gasteiger partial charge in [-0.25, -0.2) is 4.57 Å². The molecule has 1 N–H and O–H groups in total. The Balaban J connectivity index is 4.33. The average Bonchev–Trinajstić information content (AvgIpc) is 3.15. The number of carbonyl (C=O) groups is 2. The van der Waals surface area contributed by atoms with Crippen molar-refractivity contribution in [2.45, 2.75) is 213 Å². The van der Waals surface area contributed by atoms with Crippen molar-refractivity contribution in [1.82, 2.24) is 0 Å². The van der Waals surface area contributed by atoms with Gasteiger partial charge in [0.25, 0.3) is 0 Å². The van der Waals surface area contributed by atoms with Gasteiger partial charge in [0.15, 0.2) is 6.10 Å². The fraction of sp³-hybridized carbons (Fsp3) is 0.870. The molecule has 0 aliphatic rings. The molecule has 0 aliphatic carbocycles. The molecule has 10 heteroatoms. The lowest BCUT2D eigenvalue weighted by atomic mass is 10.0. The van der Waals surface area contributed by atoms with Crippen LogP contribution < -0.4 is 0 Å². The minimum absolute atomic E-state index is 0.0313. The molecule has 1 unspecified atom stereocenters. The average molecular weight is 815 g/mol. The van der Waals surface area contributed by atoms with Crippen LogP contribution in [0.25, 0.3) is 0 Å². The minimum Gasteiger partial charge on any atom is -0.462 e. The van der Waals surface area contributed by atoms with Crippen LogP contribution >= 0.6 is 7.82 Å². The molecule has 330 valence electrons. The van der Waals surface area contributed by atoms with E-state index >= 15 is 0 Å². The van der Waals surface area contributed by atoms with Crippen molar-refractivity contribution < 1.29 is 42.1 Å². The van der Waals surface area contributed by atoms with Gasteiger partial charge in [-0.15, -0.1) is 0 Å². The molecule has 0 bridgehead atoms. The molecule has 56 heavy (non-hydrogen) atoms. The number of rotatable bonds is 42. The number of allylic oxidation sites excluding steroid dienone is 4. The maximum absolute atomic E-state index is 12.7. The number of nitrogens with zero attached hydrogens (tertiary/aromatic N) is 1. The second-order valence-corrected chi connectivity index (χ2v) is 18.2. The van der Waals surface area contributed by atoms with E-state index in [0.29, 0.717) is 17.4 Å². The molecule has 0 aromatic rings. The number of hydrogen-bond donors (Lipinski definition) is 1. The third-order valence-corrected chi connectivity index (χ3v) is 11.0.